The van der Waals surface area contributed by atoms with Gasteiger partial charge in [-0.1, -0.05) is 48.0 Å². The molecule has 0 spiro atoms. The molecule has 1 aliphatic rings. The minimum Gasteiger partial charge on any atom is -0.354 e. The number of carbonyl (C=O) groups is 1. The van der Waals surface area contributed by atoms with Gasteiger partial charge in [-0.05, 0) is 38.2 Å². The minimum atomic E-state index is -0.216. The van der Waals surface area contributed by atoms with Gasteiger partial charge in [0.05, 0.1) is 23.1 Å². The van der Waals surface area contributed by atoms with Crippen molar-refractivity contribution in [1.82, 2.24) is 19.7 Å². The molecule has 7 heteroatoms. The third-order valence-electron chi connectivity index (χ3n) is 6.14. The molecule has 2 aromatic carbocycles. The Morgan fingerprint density at radius 1 is 0.912 bits per heavy atom. The van der Waals surface area contributed by atoms with Crippen LogP contribution in [0.1, 0.15) is 15.9 Å². The Labute approximate surface area is 199 Å². The summed E-state index contributed by atoms with van der Waals surface area (Å²) in [6, 6.07) is 21.7. The smallest absolute Gasteiger partial charge is 0.259 e. The van der Waals surface area contributed by atoms with Gasteiger partial charge in [0.2, 0.25) is 0 Å². The van der Waals surface area contributed by atoms with E-state index < -0.39 is 0 Å². The number of aromatic nitrogens is 3. The summed E-state index contributed by atoms with van der Waals surface area (Å²) >= 11 is 0. The Morgan fingerprint density at radius 2 is 1.65 bits per heavy atom. The molecule has 5 rings (SSSR count). The van der Waals surface area contributed by atoms with Crippen molar-refractivity contribution in [2.75, 3.05) is 43.4 Å². The summed E-state index contributed by atoms with van der Waals surface area (Å²) in [5, 5.41) is 7.75. The number of aryl methyl sites for hydroxylation is 1. The molecule has 1 amide bonds. The summed E-state index contributed by atoms with van der Waals surface area (Å²) in [5.41, 5.74) is 4.76. The Bertz CT molecular complexity index is 1260. The standard InChI is InChI=1S/C27H28N6O/c1-20-8-10-21(11-9-20)26-24(19-33(30-26)23-6-4-3-5-7-23)27(34)29-22-12-13-25(28-18-22)32-16-14-31(2)15-17-32/h3-13,18-19H,14-17H2,1-2H3,(H,29,34). The Morgan fingerprint density at radius 3 is 2.32 bits per heavy atom. The van der Waals surface area contributed by atoms with E-state index in [1.165, 1.54) is 0 Å². The first-order valence-corrected chi connectivity index (χ1v) is 11.5. The molecule has 0 atom stereocenters. The maximum atomic E-state index is 13.3. The zero-order valence-electron chi connectivity index (χ0n) is 19.5. The molecular formula is C27H28N6O. The third-order valence-corrected chi connectivity index (χ3v) is 6.14. The maximum Gasteiger partial charge on any atom is 0.259 e. The van der Waals surface area contributed by atoms with Crippen LogP contribution in [0.2, 0.25) is 0 Å². The van der Waals surface area contributed by atoms with Crippen LogP contribution >= 0.6 is 0 Å². The minimum absolute atomic E-state index is 0.216. The summed E-state index contributed by atoms with van der Waals surface area (Å²) in [7, 11) is 2.13. The second-order valence-corrected chi connectivity index (χ2v) is 8.69. The number of amides is 1. The molecule has 7 nitrogen and oxygen atoms in total. The fraction of sp³-hybridized carbons (Fsp3) is 0.222. The van der Waals surface area contributed by atoms with Gasteiger partial charge in [-0.25, -0.2) is 9.67 Å². The van der Waals surface area contributed by atoms with Gasteiger partial charge in [-0.3, -0.25) is 4.79 Å². The van der Waals surface area contributed by atoms with Crippen LogP contribution in [0.3, 0.4) is 0 Å². The molecule has 3 heterocycles. The number of anilines is 2. The molecule has 0 aliphatic carbocycles. The lowest BCUT2D eigenvalue weighted by Gasteiger charge is -2.33. The second-order valence-electron chi connectivity index (χ2n) is 8.69. The van der Waals surface area contributed by atoms with Crippen molar-refractivity contribution < 1.29 is 4.79 Å². The monoisotopic (exact) mass is 452 g/mol. The SMILES string of the molecule is Cc1ccc(-c2nn(-c3ccccc3)cc2C(=O)Nc2ccc(N3CCN(C)CC3)nc2)cc1. The van der Waals surface area contributed by atoms with E-state index in [2.05, 4.69) is 27.1 Å². The lowest BCUT2D eigenvalue weighted by atomic mass is 10.1. The van der Waals surface area contributed by atoms with Gasteiger partial charge >= 0.3 is 0 Å². The van der Waals surface area contributed by atoms with Crippen LogP contribution in [0.4, 0.5) is 11.5 Å². The van der Waals surface area contributed by atoms with Gasteiger partial charge < -0.3 is 15.1 Å². The van der Waals surface area contributed by atoms with Crippen LogP contribution in [-0.4, -0.2) is 58.8 Å². The van der Waals surface area contributed by atoms with E-state index in [1.807, 2.05) is 73.7 Å². The Balaban J connectivity index is 1.40. The van der Waals surface area contributed by atoms with Gasteiger partial charge in [0, 0.05) is 37.9 Å². The number of para-hydroxylation sites is 1. The van der Waals surface area contributed by atoms with E-state index in [0.29, 0.717) is 16.9 Å². The molecule has 0 saturated carbocycles. The molecule has 1 saturated heterocycles. The maximum absolute atomic E-state index is 13.3. The molecule has 172 valence electrons. The molecular weight excluding hydrogens is 424 g/mol. The molecule has 34 heavy (non-hydrogen) atoms. The Kier molecular flexibility index (Phi) is 6.10. The lowest BCUT2D eigenvalue weighted by Crippen LogP contribution is -2.44. The number of likely N-dealkylation sites (N-methyl/N-ethyl adjacent to an activating group) is 1. The van der Waals surface area contributed by atoms with Crippen molar-refractivity contribution >= 4 is 17.4 Å². The molecule has 1 N–H and O–H groups in total. The number of nitrogens with zero attached hydrogens (tertiary/aromatic N) is 5. The van der Waals surface area contributed by atoms with Gasteiger partial charge in [-0.2, -0.15) is 5.10 Å². The van der Waals surface area contributed by atoms with Gasteiger partial charge in [0.1, 0.15) is 11.5 Å². The first-order chi connectivity index (χ1) is 16.6. The number of carbonyl (C=O) groups excluding carboxylic acids is 1. The zero-order valence-corrected chi connectivity index (χ0v) is 19.5. The highest BCUT2D eigenvalue weighted by atomic mass is 16.1. The molecule has 0 unspecified atom stereocenters. The van der Waals surface area contributed by atoms with E-state index in [1.54, 1.807) is 17.1 Å². The van der Waals surface area contributed by atoms with Crippen LogP contribution in [0.5, 0.6) is 0 Å². The molecule has 0 bridgehead atoms. The Hall–Kier alpha value is -3.97. The van der Waals surface area contributed by atoms with Crippen LogP contribution in [0.15, 0.2) is 79.1 Å². The first-order valence-electron chi connectivity index (χ1n) is 11.5. The van der Waals surface area contributed by atoms with Crippen molar-refractivity contribution in [2.45, 2.75) is 6.92 Å². The van der Waals surface area contributed by atoms with Crippen LogP contribution in [0, 0.1) is 6.92 Å². The zero-order chi connectivity index (χ0) is 23.5. The van der Waals surface area contributed by atoms with Crippen molar-refractivity contribution in [3.05, 3.63) is 90.3 Å². The van der Waals surface area contributed by atoms with Gasteiger partial charge in [0.25, 0.3) is 5.91 Å². The number of pyridine rings is 1. The summed E-state index contributed by atoms with van der Waals surface area (Å²) in [4.78, 5) is 22.5. The van der Waals surface area contributed by atoms with Crippen molar-refractivity contribution in [3.8, 4) is 16.9 Å². The predicted octanol–water partition coefficient (Wildman–Crippen LogP) is 4.25. The predicted molar refractivity (Wildman–Crippen MR) is 136 cm³/mol. The van der Waals surface area contributed by atoms with Gasteiger partial charge in [0.15, 0.2) is 0 Å². The van der Waals surface area contributed by atoms with Crippen LogP contribution in [0.25, 0.3) is 16.9 Å². The largest absolute Gasteiger partial charge is 0.354 e. The van der Waals surface area contributed by atoms with E-state index in [-0.39, 0.29) is 5.91 Å². The average Bonchev–Trinajstić information content (AvgIpc) is 3.32. The number of nitrogens with one attached hydrogen (secondary N) is 1. The fourth-order valence-corrected chi connectivity index (χ4v) is 4.06. The van der Waals surface area contributed by atoms with E-state index in [4.69, 9.17) is 5.10 Å². The number of hydrogen-bond acceptors (Lipinski definition) is 5. The lowest BCUT2D eigenvalue weighted by molar-refractivity contribution is 0.102. The molecule has 2 aromatic heterocycles. The number of piperazine rings is 1. The van der Waals surface area contributed by atoms with Gasteiger partial charge in [-0.15, -0.1) is 0 Å². The normalized spacial score (nSPS) is 14.2. The van der Waals surface area contributed by atoms with Crippen molar-refractivity contribution in [3.63, 3.8) is 0 Å². The number of benzene rings is 2. The number of hydrogen-bond donors (Lipinski definition) is 1. The first kappa shape index (κ1) is 21.9. The molecule has 1 fully saturated rings. The topological polar surface area (TPSA) is 66.3 Å². The summed E-state index contributed by atoms with van der Waals surface area (Å²) in [5.74, 6) is 0.718. The molecule has 1 aliphatic heterocycles. The van der Waals surface area contributed by atoms with Crippen molar-refractivity contribution in [2.24, 2.45) is 0 Å². The van der Waals surface area contributed by atoms with E-state index >= 15 is 0 Å². The quantitative estimate of drug-likeness (QED) is 0.491. The summed E-state index contributed by atoms with van der Waals surface area (Å²) < 4.78 is 1.75. The highest BCUT2D eigenvalue weighted by molar-refractivity contribution is 6.08. The van der Waals surface area contributed by atoms with E-state index in [9.17, 15) is 4.79 Å². The average molecular weight is 453 g/mol. The van der Waals surface area contributed by atoms with Crippen LogP contribution < -0.4 is 10.2 Å². The third kappa shape index (κ3) is 4.70. The van der Waals surface area contributed by atoms with Crippen LogP contribution in [-0.2, 0) is 0 Å². The van der Waals surface area contributed by atoms with Crippen molar-refractivity contribution in [1.29, 1.82) is 0 Å². The highest BCUT2D eigenvalue weighted by Crippen LogP contribution is 2.25. The highest BCUT2D eigenvalue weighted by Gasteiger charge is 2.20. The molecule has 0 radical (unpaired) electrons. The number of rotatable bonds is 5. The fourth-order valence-electron chi connectivity index (χ4n) is 4.06. The van der Waals surface area contributed by atoms with E-state index in [0.717, 1.165) is 48.8 Å². The second kappa shape index (κ2) is 9.49. The summed E-state index contributed by atoms with van der Waals surface area (Å²) in [6.07, 6.45) is 3.50. The molecule has 4 aromatic rings. The summed E-state index contributed by atoms with van der Waals surface area (Å²) in [6.45, 7) is 5.99.